The molecule has 0 unspecified atom stereocenters. The highest BCUT2D eigenvalue weighted by molar-refractivity contribution is 5.29. The van der Waals surface area contributed by atoms with Gasteiger partial charge in [-0.15, -0.1) is 0 Å². The van der Waals surface area contributed by atoms with Gasteiger partial charge in [-0.1, -0.05) is 0 Å². The van der Waals surface area contributed by atoms with Gasteiger partial charge in [0.15, 0.2) is 0 Å². The van der Waals surface area contributed by atoms with Crippen LogP contribution in [0.15, 0.2) is 0 Å². The third-order valence-corrected chi connectivity index (χ3v) is 0. The average molecular weight is 76.1 g/mol. The second-order valence-electron chi connectivity index (χ2n) is 0.125. The van der Waals surface area contributed by atoms with Crippen molar-refractivity contribution in [3.8, 4) is 0 Å². The fraction of sp³-hybridized carbons (Fsp3) is 0. The van der Waals surface area contributed by atoms with Crippen molar-refractivity contribution in [1.29, 1.82) is 10.8 Å². The number of hydrogen-bond acceptors (Lipinski definition) is 4. The van der Waals surface area contributed by atoms with Crippen molar-refractivity contribution in [1.82, 2.24) is 12.3 Å². The van der Waals surface area contributed by atoms with E-state index in [1.54, 1.807) is 0 Å². The van der Waals surface area contributed by atoms with E-state index in [1.807, 2.05) is 0 Å². The van der Waals surface area contributed by atoms with Gasteiger partial charge in [-0.05, 0) is 0 Å². The van der Waals surface area contributed by atoms with Crippen LogP contribution in [0.5, 0.6) is 0 Å². The van der Waals surface area contributed by atoms with Crippen LogP contribution in [0.1, 0.15) is 0 Å². The molecule has 0 aliphatic heterocycles. The van der Waals surface area contributed by atoms with Crippen molar-refractivity contribution in [2.75, 3.05) is 0 Å². The molecule has 0 amide bonds. The fourth-order valence-electron chi connectivity index (χ4n) is 0. The molecule has 4 heteroatoms. The van der Waals surface area contributed by atoms with Gasteiger partial charge < -0.3 is 12.3 Å². The molecule has 0 saturated heterocycles. The Morgan fingerprint density at radius 2 is 1.00 bits per heavy atom. The lowest BCUT2D eigenvalue weighted by molar-refractivity contribution is 1.47. The number of rotatable bonds is 0. The van der Waals surface area contributed by atoms with Crippen LogP contribution >= 0.6 is 0 Å². The molecular weight excluding hydrogens is 68.0 g/mol. The molecule has 0 aromatic carbocycles. The Morgan fingerprint density at radius 1 is 1.00 bits per heavy atom. The molecule has 4 nitrogen and oxygen atoms in total. The Morgan fingerprint density at radius 3 is 1.00 bits per heavy atom. The van der Waals surface area contributed by atoms with E-state index in [9.17, 15) is 0 Å². The van der Waals surface area contributed by atoms with Gasteiger partial charge in [-0.3, -0.25) is 0 Å². The summed E-state index contributed by atoms with van der Waals surface area (Å²) in [5.41, 5.74) is 0. The normalized spacial score (nSPS) is 1.60. The molecule has 0 heterocycles. The van der Waals surface area contributed by atoms with Gasteiger partial charge in [0.05, 0.1) is 6.01 Å². The molecule has 0 saturated carbocycles. The summed E-state index contributed by atoms with van der Waals surface area (Å²) in [5.74, 6) is 0. The Bertz CT molecular complexity index is 24.6. The Labute approximate surface area is 30.4 Å². The quantitative estimate of drug-likeness (QED) is 0.317. The van der Waals surface area contributed by atoms with Crippen LogP contribution < -0.4 is 12.3 Å². The zero-order valence-electron chi connectivity index (χ0n) is 2.91. The minimum Gasteiger partial charge on any atom is -0.344 e. The molecule has 0 aromatic heterocycles. The van der Waals surface area contributed by atoms with E-state index in [-0.39, 0.29) is 12.3 Å². The highest BCUT2D eigenvalue weighted by atomic mass is 14.4. The summed E-state index contributed by atoms with van der Waals surface area (Å²) in [5, 5.41) is 11.2. The molecule has 0 atom stereocenters. The number of hydrogen-bond donors (Lipinski definition) is 4. The lowest BCUT2D eigenvalue weighted by Gasteiger charge is -1.09. The van der Waals surface area contributed by atoms with Crippen molar-refractivity contribution in [2.24, 2.45) is 0 Å². The molecule has 32 valence electrons. The van der Waals surface area contributed by atoms with E-state index in [0.29, 0.717) is 0 Å². The first-order valence-corrected chi connectivity index (χ1v) is 0.500. The maximum absolute atomic E-state index is 5.62. The summed E-state index contributed by atoms with van der Waals surface area (Å²) in [6, 6.07) is 1.25. The Kier molecular flexibility index (Phi) is 1070. The van der Waals surface area contributed by atoms with Crippen molar-refractivity contribution < 1.29 is 0 Å². The first-order chi connectivity index (χ1) is 1.41. The molecule has 0 rings (SSSR count). The van der Waals surface area contributed by atoms with E-state index in [4.69, 9.17) is 10.8 Å². The highest BCUT2D eigenvalue weighted by Gasteiger charge is 0.934. The summed E-state index contributed by atoms with van der Waals surface area (Å²) >= 11 is 0. The Hall–Kier alpha value is -0.700. The minimum atomic E-state index is 0. The van der Waals surface area contributed by atoms with Gasteiger partial charge in [-0.2, -0.15) is 0 Å². The van der Waals surface area contributed by atoms with Crippen molar-refractivity contribution in [3.05, 3.63) is 0 Å². The van der Waals surface area contributed by atoms with E-state index >= 15 is 0 Å². The molecule has 0 aliphatic rings. The van der Waals surface area contributed by atoms with Crippen LogP contribution in [-0.2, 0) is 0 Å². The first-order valence-electron chi connectivity index (χ1n) is 0.500. The van der Waals surface area contributed by atoms with E-state index in [2.05, 4.69) is 0 Å². The van der Waals surface area contributed by atoms with Crippen LogP contribution in [0, 0.1) is 10.8 Å². The van der Waals surface area contributed by atoms with Gasteiger partial charge in [0, 0.05) is 0 Å². The van der Waals surface area contributed by atoms with Crippen LogP contribution in [0.25, 0.3) is 0 Å². The monoisotopic (exact) mass is 76.1 g/mol. The molecule has 0 fully saturated rings. The molecular formula is CH8N4. The molecule has 0 bridgehead atoms. The molecule has 0 radical (unpaired) electrons. The molecule has 0 spiro atoms. The largest absolute Gasteiger partial charge is 0.344 e. The summed E-state index contributed by atoms with van der Waals surface area (Å²) in [7, 11) is 0. The predicted octanol–water partition coefficient (Wildman–Crippen LogP) is 0.642. The summed E-state index contributed by atoms with van der Waals surface area (Å²) in [4.78, 5) is 0. The lowest BCUT2D eigenvalue weighted by atomic mass is 11.6. The van der Waals surface area contributed by atoms with Crippen molar-refractivity contribution in [2.45, 2.75) is 0 Å². The second-order valence-corrected chi connectivity index (χ2v) is 0.125. The smallest absolute Gasteiger partial charge is 0.0831 e. The van der Waals surface area contributed by atoms with Gasteiger partial charge >= 0.3 is 0 Å². The molecule has 0 aromatic rings. The standard InChI is InChI=1S/CH2N2.2H3N/c2-1-3;;/h2-3H;2*1H3. The van der Waals surface area contributed by atoms with Gasteiger partial charge in [0.1, 0.15) is 0 Å². The number of nitrogens with one attached hydrogen (secondary N) is 2. The topological polar surface area (TPSA) is 118 Å². The van der Waals surface area contributed by atoms with Gasteiger partial charge in [0.25, 0.3) is 0 Å². The first kappa shape index (κ1) is 27.7. The van der Waals surface area contributed by atoms with Gasteiger partial charge in [-0.25, -0.2) is 10.8 Å². The SMILES string of the molecule is N.N.N=C=N. The van der Waals surface area contributed by atoms with Crippen LogP contribution in [0.4, 0.5) is 0 Å². The summed E-state index contributed by atoms with van der Waals surface area (Å²) < 4.78 is 0. The molecule has 5 heavy (non-hydrogen) atoms. The fourth-order valence-corrected chi connectivity index (χ4v) is 0. The highest BCUT2D eigenvalue weighted by Crippen LogP contribution is 0.920. The Balaban J connectivity index is -0.0000000200. The predicted molar refractivity (Wildman–Crippen MR) is 20.5 cm³/mol. The second kappa shape index (κ2) is 194. The van der Waals surface area contributed by atoms with E-state index < -0.39 is 0 Å². The molecule has 0 aliphatic carbocycles. The summed E-state index contributed by atoms with van der Waals surface area (Å²) in [6.45, 7) is 0. The van der Waals surface area contributed by atoms with Crippen LogP contribution in [0.3, 0.4) is 0 Å². The lowest BCUT2D eigenvalue weighted by Crippen LogP contribution is -1.11. The third kappa shape index (κ3) is 11.4. The molecule has 8 N–H and O–H groups in total. The minimum absolute atomic E-state index is 0. The third-order valence-electron chi connectivity index (χ3n) is 0. The zero-order chi connectivity index (χ0) is 2.71. The van der Waals surface area contributed by atoms with Crippen LogP contribution in [0.2, 0.25) is 0 Å². The van der Waals surface area contributed by atoms with Crippen LogP contribution in [-0.4, -0.2) is 6.01 Å². The van der Waals surface area contributed by atoms with E-state index in [1.165, 1.54) is 6.01 Å². The maximum Gasteiger partial charge on any atom is 0.0831 e. The average Bonchev–Trinajstić information content (AvgIpc) is 0.918. The van der Waals surface area contributed by atoms with E-state index in [0.717, 1.165) is 0 Å². The zero-order valence-corrected chi connectivity index (χ0v) is 2.91. The maximum atomic E-state index is 5.62. The van der Waals surface area contributed by atoms with Crippen molar-refractivity contribution >= 4 is 6.01 Å². The summed E-state index contributed by atoms with van der Waals surface area (Å²) in [6.07, 6.45) is 0. The van der Waals surface area contributed by atoms with Crippen molar-refractivity contribution in [3.63, 3.8) is 0 Å². The van der Waals surface area contributed by atoms with Gasteiger partial charge in [0.2, 0.25) is 0 Å².